The van der Waals surface area contributed by atoms with Crippen molar-refractivity contribution in [3.63, 3.8) is 0 Å². The molecular weight excluding hydrogens is 679 g/mol. The van der Waals surface area contributed by atoms with Crippen LogP contribution in [-0.4, -0.2) is 0 Å². The van der Waals surface area contributed by atoms with E-state index >= 15 is 0 Å². The molecule has 0 atom stereocenters. The molecule has 262 valence electrons. The van der Waals surface area contributed by atoms with Crippen LogP contribution in [0, 0.1) is 0 Å². The lowest BCUT2D eigenvalue weighted by Crippen LogP contribution is -2.10. The van der Waals surface area contributed by atoms with Crippen molar-refractivity contribution in [1.29, 1.82) is 0 Å². The van der Waals surface area contributed by atoms with Gasteiger partial charge in [0.25, 0.3) is 0 Å². The van der Waals surface area contributed by atoms with Gasteiger partial charge in [-0.2, -0.15) is 0 Å². The predicted octanol–water partition coefficient (Wildman–Crippen LogP) is 15.5. The molecule has 0 aliphatic heterocycles. The number of hydrogen-bond donors (Lipinski definition) is 0. The van der Waals surface area contributed by atoms with E-state index in [4.69, 9.17) is 4.42 Å². The Balaban J connectivity index is 1.12. The number of benzene rings is 10. The smallest absolute Gasteiger partial charge is 0.145 e. The van der Waals surface area contributed by atoms with E-state index in [0.717, 1.165) is 50.1 Å². The van der Waals surface area contributed by atoms with Crippen LogP contribution < -0.4 is 4.90 Å². The molecule has 11 rings (SSSR count). The molecule has 0 unspecified atom stereocenters. The molecule has 0 saturated heterocycles. The van der Waals surface area contributed by atoms with Gasteiger partial charge in [0.15, 0.2) is 0 Å². The van der Waals surface area contributed by atoms with Gasteiger partial charge in [0.1, 0.15) is 11.2 Å². The first-order chi connectivity index (χ1) is 27.7. The highest BCUT2D eigenvalue weighted by molar-refractivity contribution is 6.17. The van der Waals surface area contributed by atoms with Crippen molar-refractivity contribution >= 4 is 71.3 Å². The van der Waals surface area contributed by atoms with Crippen LogP contribution in [0.1, 0.15) is 0 Å². The third kappa shape index (κ3) is 5.42. The average Bonchev–Trinajstić information content (AvgIpc) is 3.67. The second kappa shape index (κ2) is 13.2. The minimum absolute atomic E-state index is 0.869. The molecule has 10 aromatic carbocycles. The van der Waals surface area contributed by atoms with E-state index in [-0.39, 0.29) is 0 Å². The van der Waals surface area contributed by atoms with Crippen LogP contribution in [0.5, 0.6) is 0 Å². The van der Waals surface area contributed by atoms with Gasteiger partial charge in [-0.1, -0.05) is 164 Å². The van der Waals surface area contributed by atoms with E-state index < -0.39 is 0 Å². The SMILES string of the molecule is c1ccc(-c2ccc(-c3ccc(N(c4ccc(-c5ccc6ccccc6c5)cc4)c4ccc5ccc6ccccc6c5c4)c4c3oc3ccccc34)cc2)cc1. The summed E-state index contributed by atoms with van der Waals surface area (Å²) in [5.41, 5.74) is 11.9. The highest BCUT2D eigenvalue weighted by Crippen LogP contribution is 2.47. The van der Waals surface area contributed by atoms with Gasteiger partial charge in [0, 0.05) is 22.3 Å². The summed E-state index contributed by atoms with van der Waals surface area (Å²) < 4.78 is 6.83. The number of para-hydroxylation sites is 1. The molecule has 0 spiro atoms. The summed E-state index contributed by atoms with van der Waals surface area (Å²) in [5.74, 6) is 0. The van der Waals surface area contributed by atoms with Crippen molar-refractivity contribution < 1.29 is 4.42 Å². The molecule has 0 bridgehead atoms. The van der Waals surface area contributed by atoms with Crippen molar-refractivity contribution in [3.05, 3.63) is 212 Å². The Morgan fingerprint density at radius 3 is 1.70 bits per heavy atom. The summed E-state index contributed by atoms with van der Waals surface area (Å²) in [5, 5.41) is 9.57. The standard InChI is InChI=1S/C54H35NO/c1-2-10-36(11-3-1)38-18-21-41(22-19-38)48-32-33-51(53-49-16-8-9-17-52(49)56-54(48)53)55(46-31-28-42-24-23-40-13-6-7-15-47(40)50(42)35-46)45-29-26-39(27-30-45)44-25-20-37-12-4-5-14-43(37)34-44/h1-35H. The van der Waals surface area contributed by atoms with Gasteiger partial charge in [-0.15, -0.1) is 0 Å². The molecule has 2 heteroatoms. The zero-order valence-electron chi connectivity index (χ0n) is 30.6. The Kier molecular flexibility index (Phi) is 7.53. The summed E-state index contributed by atoms with van der Waals surface area (Å²) in [6.45, 7) is 0. The Hall–Kier alpha value is -7.42. The molecular formula is C54H35NO. The van der Waals surface area contributed by atoms with E-state index in [1.54, 1.807) is 0 Å². The Labute approximate surface area is 325 Å². The summed E-state index contributed by atoms with van der Waals surface area (Å²) >= 11 is 0. The van der Waals surface area contributed by atoms with Gasteiger partial charge in [0.2, 0.25) is 0 Å². The molecule has 56 heavy (non-hydrogen) atoms. The fraction of sp³-hybridized carbons (Fsp3) is 0. The number of nitrogens with zero attached hydrogens (tertiary/aromatic N) is 1. The van der Waals surface area contributed by atoms with Crippen LogP contribution in [0.3, 0.4) is 0 Å². The van der Waals surface area contributed by atoms with Crippen LogP contribution in [0.2, 0.25) is 0 Å². The maximum atomic E-state index is 6.83. The zero-order valence-corrected chi connectivity index (χ0v) is 30.6. The summed E-state index contributed by atoms with van der Waals surface area (Å²) in [6, 6.07) is 76.5. The fourth-order valence-corrected chi connectivity index (χ4v) is 8.43. The monoisotopic (exact) mass is 713 g/mol. The van der Waals surface area contributed by atoms with Crippen LogP contribution in [-0.2, 0) is 0 Å². The Morgan fingerprint density at radius 2 is 0.875 bits per heavy atom. The number of anilines is 3. The first kappa shape index (κ1) is 32.0. The Bertz CT molecular complexity index is 3230. The van der Waals surface area contributed by atoms with E-state index in [0.29, 0.717) is 0 Å². The molecule has 2 nitrogen and oxygen atoms in total. The molecule has 0 N–H and O–H groups in total. The van der Waals surface area contributed by atoms with Crippen LogP contribution in [0.25, 0.3) is 87.6 Å². The first-order valence-electron chi connectivity index (χ1n) is 19.2. The topological polar surface area (TPSA) is 16.4 Å². The highest BCUT2D eigenvalue weighted by Gasteiger charge is 2.23. The molecule has 0 fully saturated rings. The third-order valence-corrected chi connectivity index (χ3v) is 11.2. The quantitative estimate of drug-likeness (QED) is 0.160. The molecule has 0 radical (unpaired) electrons. The number of furan rings is 1. The molecule has 1 aromatic heterocycles. The predicted molar refractivity (Wildman–Crippen MR) is 237 cm³/mol. The third-order valence-electron chi connectivity index (χ3n) is 11.2. The van der Waals surface area contributed by atoms with E-state index in [9.17, 15) is 0 Å². The van der Waals surface area contributed by atoms with Crippen molar-refractivity contribution in [1.82, 2.24) is 0 Å². The minimum Gasteiger partial charge on any atom is -0.455 e. The number of rotatable bonds is 6. The normalized spacial score (nSPS) is 11.6. The molecule has 1 heterocycles. The Morgan fingerprint density at radius 1 is 0.321 bits per heavy atom. The summed E-state index contributed by atoms with van der Waals surface area (Å²) in [4.78, 5) is 2.40. The lowest BCUT2D eigenvalue weighted by atomic mass is 9.97. The maximum absolute atomic E-state index is 6.83. The molecule has 0 aliphatic carbocycles. The zero-order chi connectivity index (χ0) is 37.0. The van der Waals surface area contributed by atoms with Crippen LogP contribution >= 0.6 is 0 Å². The van der Waals surface area contributed by atoms with Gasteiger partial charge >= 0.3 is 0 Å². The maximum Gasteiger partial charge on any atom is 0.145 e. The van der Waals surface area contributed by atoms with E-state index in [1.807, 2.05) is 0 Å². The van der Waals surface area contributed by atoms with Gasteiger partial charge < -0.3 is 9.32 Å². The molecule has 0 amide bonds. The van der Waals surface area contributed by atoms with Crippen molar-refractivity contribution in [3.8, 4) is 33.4 Å². The summed E-state index contributed by atoms with van der Waals surface area (Å²) in [7, 11) is 0. The van der Waals surface area contributed by atoms with Gasteiger partial charge in [0.05, 0.1) is 11.1 Å². The lowest BCUT2D eigenvalue weighted by molar-refractivity contribution is 0.670. The second-order valence-electron chi connectivity index (χ2n) is 14.5. The van der Waals surface area contributed by atoms with Crippen molar-refractivity contribution in [2.75, 3.05) is 4.90 Å². The van der Waals surface area contributed by atoms with Crippen molar-refractivity contribution in [2.24, 2.45) is 0 Å². The van der Waals surface area contributed by atoms with Gasteiger partial charge in [-0.25, -0.2) is 0 Å². The summed E-state index contributed by atoms with van der Waals surface area (Å²) in [6.07, 6.45) is 0. The molecule has 0 aliphatic rings. The van der Waals surface area contributed by atoms with Crippen molar-refractivity contribution in [2.45, 2.75) is 0 Å². The first-order valence-corrected chi connectivity index (χ1v) is 19.2. The minimum atomic E-state index is 0.869. The highest BCUT2D eigenvalue weighted by atomic mass is 16.3. The van der Waals surface area contributed by atoms with E-state index in [1.165, 1.54) is 54.6 Å². The number of fused-ring (bicyclic) bond motifs is 7. The molecule has 11 aromatic rings. The van der Waals surface area contributed by atoms with E-state index in [2.05, 4.69) is 217 Å². The largest absolute Gasteiger partial charge is 0.455 e. The van der Waals surface area contributed by atoms with Crippen LogP contribution in [0.15, 0.2) is 217 Å². The number of hydrogen-bond acceptors (Lipinski definition) is 2. The lowest BCUT2D eigenvalue weighted by Gasteiger charge is -2.27. The van der Waals surface area contributed by atoms with Gasteiger partial charge in [-0.3, -0.25) is 0 Å². The average molecular weight is 714 g/mol. The van der Waals surface area contributed by atoms with Gasteiger partial charge in [-0.05, 0) is 109 Å². The fourth-order valence-electron chi connectivity index (χ4n) is 8.43. The second-order valence-corrected chi connectivity index (χ2v) is 14.5. The molecule has 0 saturated carbocycles. The van der Waals surface area contributed by atoms with Crippen LogP contribution in [0.4, 0.5) is 17.1 Å².